The number of ether oxygens (including phenoxy) is 1. The van der Waals surface area contributed by atoms with Crippen molar-refractivity contribution < 1.29 is 9.53 Å². The summed E-state index contributed by atoms with van der Waals surface area (Å²) in [5, 5.41) is 0. The van der Waals surface area contributed by atoms with E-state index in [9.17, 15) is 4.79 Å². The lowest BCUT2D eigenvalue weighted by Gasteiger charge is -2.58. The number of carbonyl (C=O) groups excluding carboxylic acids is 1. The molecule has 0 radical (unpaired) electrons. The maximum atomic E-state index is 12.6. The third-order valence-electron chi connectivity index (χ3n) is 10.9. The van der Waals surface area contributed by atoms with Crippen LogP contribution in [0.1, 0.15) is 75.6 Å². The second kappa shape index (κ2) is 7.45. The van der Waals surface area contributed by atoms with Gasteiger partial charge in [-0.1, -0.05) is 36.8 Å². The zero-order valence-electron chi connectivity index (χ0n) is 20.1. The van der Waals surface area contributed by atoms with Gasteiger partial charge < -0.3 is 9.64 Å². The Balaban J connectivity index is 1.20. The lowest BCUT2D eigenvalue weighted by molar-refractivity contribution is -0.0507. The summed E-state index contributed by atoms with van der Waals surface area (Å²) in [6.45, 7) is 6.36. The molecule has 5 aliphatic rings. The summed E-state index contributed by atoms with van der Waals surface area (Å²) < 4.78 is 5.97. The van der Waals surface area contributed by atoms with E-state index in [2.05, 4.69) is 31.9 Å². The van der Waals surface area contributed by atoms with Crippen molar-refractivity contribution in [1.82, 2.24) is 4.90 Å². The van der Waals surface area contributed by atoms with E-state index in [-0.39, 0.29) is 12.1 Å². The van der Waals surface area contributed by atoms with Gasteiger partial charge in [0.1, 0.15) is 6.10 Å². The highest BCUT2D eigenvalue weighted by molar-refractivity contribution is 5.89. The minimum absolute atomic E-state index is 0.0358. The van der Waals surface area contributed by atoms with Gasteiger partial charge in [-0.25, -0.2) is 4.79 Å². The van der Waals surface area contributed by atoms with Crippen LogP contribution in [0.4, 0.5) is 0 Å². The lowest BCUT2D eigenvalue weighted by atomic mass is 9.47. The van der Waals surface area contributed by atoms with E-state index in [1.165, 1.54) is 45.1 Å². The number of benzene rings is 1. The first-order chi connectivity index (χ1) is 15.4. The summed E-state index contributed by atoms with van der Waals surface area (Å²) >= 11 is 0. The number of nitrogens with zero attached hydrogens (tertiary/aromatic N) is 1. The molecule has 8 atom stereocenters. The summed E-state index contributed by atoms with van der Waals surface area (Å²) in [7, 11) is 2.36. The van der Waals surface area contributed by atoms with Crippen LogP contribution in [0.5, 0.6) is 0 Å². The van der Waals surface area contributed by atoms with Crippen molar-refractivity contribution in [3.8, 4) is 0 Å². The number of likely N-dealkylation sites (tertiary alicyclic amines) is 1. The zero-order valence-corrected chi connectivity index (χ0v) is 20.1. The number of hydrogen-bond acceptors (Lipinski definition) is 3. The molecule has 3 nitrogen and oxygen atoms in total. The Morgan fingerprint density at radius 3 is 2.62 bits per heavy atom. The van der Waals surface area contributed by atoms with E-state index in [4.69, 9.17) is 4.74 Å². The van der Waals surface area contributed by atoms with Crippen LogP contribution >= 0.6 is 0 Å². The molecule has 3 saturated carbocycles. The van der Waals surface area contributed by atoms with Crippen LogP contribution in [0.25, 0.3) is 0 Å². The van der Waals surface area contributed by atoms with Gasteiger partial charge in [0.15, 0.2) is 0 Å². The molecule has 1 heterocycles. The highest BCUT2D eigenvalue weighted by Gasteiger charge is 2.64. The Labute approximate surface area is 193 Å². The van der Waals surface area contributed by atoms with Crippen molar-refractivity contribution >= 4 is 5.97 Å². The summed E-state index contributed by atoms with van der Waals surface area (Å²) in [5.41, 5.74) is 3.18. The molecule has 6 rings (SSSR count). The molecular formula is C29H39NO2. The minimum Gasteiger partial charge on any atom is -0.458 e. The summed E-state index contributed by atoms with van der Waals surface area (Å²) in [5.74, 6) is 3.37. The molecule has 4 aliphatic carbocycles. The van der Waals surface area contributed by atoms with Crippen molar-refractivity contribution in [1.29, 1.82) is 0 Å². The molecule has 1 aromatic carbocycles. The number of carbonyl (C=O) groups is 1. The molecule has 8 unspecified atom stereocenters. The fourth-order valence-corrected chi connectivity index (χ4v) is 9.32. The van der Waals surface area contributed by atoms with Gasteiger partial charge in [-0.2, -0.15) is 0 Å². The average molecular weight is 434 g/mol. The van der Waals surface area contributed by atoms with Crippen molar-refractivity contribution in [3.63, 3.8) is 0 Å². The van der Waals surface area contributed by atoms with Gasteiger partial charge in [-0.15, -0.1) is 0 Å². The maximum absolute atomic E-state index is 12.6. The Morgan fingerprint density at radius 1 is 1.03 bits per heavy atom. The molecule has 0 bridgehead atoms. The Hall–Kier alpha value is -1.61. The first-order valence-corrected chi connectivity index (χ1v) is 13.1. The molecule has 1 saturated heterocycles. The minimum atomic E-state index is -0.162. The Bertz CT molecular complexity index is 924. The number of fused-ring (bicyclic) bond motifs is 4. The van der Waals surface area contributed by atoms with Gasteiger partial charge in [0.05, 0.1) is 5.56 Å². The normalized spacial score (nSPS) is 45.3. The van der Waals surface area contributed by atoms with E-state index in [1.807, 2.05) is 30.3 Å². The van der Waals surface area contributed by atoms with Crippen LogP contribution in [0, 0.1) is 34.5 Å². The molecule has 0 amide bonds. The standard InChI is InChI=1S/C29H39NO2/c1-19-24-11-12-26-23-10-9-21-17-22(32-27(31)20-7-5-4-6-8-20)13-15-28(21,2)25(23)14-16-29(24,26)18-30(19)3/h4-9,19,22-26H,10-18H2,1-3H3. The second-order valence-corrected chi connectivity index (χ2v) is 12.0. The number of esters is 1. The number of rotatable bonds is 2. The first kappa shape index (κ1) is 21.0. The van der Waals surface area contributed by atoms with Gasteiger partial charge in [-0.3, -0.25) is 0 Å². The monoisotopic (exact) mass is 433 g/mol. The average Bonchev–Trinajstić information content (AvgIpc) is 3.28. The van der Waals surface area contributed by atoms with Crippen LogP contribution in [0.15, 0.2) is 42.0 Å². The van der Waals surface area contributed by atoms with Crippen molar-refractivity contribution in [3.05, 3.63) is 47.5 Å². The Kier molecular flexibility index (Phi) is 4.88. The van der Waals surface area contributed by atoms with E-state index < -0.39 is 0 Å². The first-order valence-electron chi connectivity index (χ1n) is 13.1. The number of hydrogen-bond donors (Lipinski definition) is 0. The van der Waals surface area contributed by atoms with E-state index in [0.29, 0.717) is 16.4 Å². The predicted molar refractivity (Wildman–Crippen MR) is 127 cm³/mol. The summed E-state index contributed by atoms with van der Waals surface area (Å²) in [4.78, 5) is 15.3. The molecule has 0 N–H and O–H groups in total. The van der Waals surface area contributed by atoms with Crippen LogP contribution in [-0.4, -0.2) is 36.6 Å². The van der Waals surface area contributed by atoms with Crippen LogP contribution in [0.3, 0.4) is 0 Å². The molecule has 1 aliphatic heterocycles. The van der Waals surface area contributed by atoms with Crippen LogP contribution < -0.4 is 0 Å². The molecular weight excluding hydrogens is 394 g/mol. The molecule has 32 heavy (non-hydrogen) atoms. The Morgan fingerprint density at radius 2 is 1.81 bits per heavy atom. The van der Waals surface area contributed by atoms with Gasteiger partial charge in [-0.05, 0) is 106 Å². The third kappa shape index (κ3) is 2.92. The van der Waals surface area contributed by atoms with E-state index in [1.54, 1.807) is 5.57 Å². The van der Waals surface area contributed by atoms with E-state index in [0.717, 1.165) is 42.6 Å². The molecule has 0 aromatic heterocycles. The fourth-order valence-electron chi connectivity index (χ4n) is 9.32. The quantitative estimate of drug-likeness (QED) is 0.417. The highest BCUT2D eigenvalue weighted by atomic mass is 16.5. The topological polar surface area (TPSA) is 29.5 Å². The van der Waals surface area contributed by atoms with Crippen molar-refractivity contribution in [2.75, 3.05) is 13.6 Å². The molecule has 3 heteroatoms. The largest absolute Gasteiger partial charge is 0.458 e. The summed E-state index contributed by atoms with van der Waals surface area (Å²) in [6, 6.07) is 10.2. The fraction of sp³-hybridized carbons (Fsp3) is 0.690. The van der Waals surface area contributed by atoms with Gasteiger partial charge in [0, 0.05) is 19.0 Å². The van der Waals surface area contributed by atoms with Crippen LogP contribution in [0.2, 0.25) is 0 Å². The lowest BCUT2D eigenvalue weighted by Crippen LogP contribution is -2.51. The number of allylic oxidation sites excluding steroid dienone is 1. The smallest absolute Gasteiger partial charge is 0.338 e. The molecule has 172 valence electrons. The van der Waals surface area contributed by atoms with E-state index >= 15 is 0 Å². The molecule has 4 fully saturated rings. The van der Waals surface area contributed by atoms with Gasteiger partial charge >= 0.3 is 5.97 Å². The van der Waals surface area contributed by atoms with Crippen molar-refractivity contribution in [2.24, 2.45) is 34.5 Å². The van der Waals surface area contributed by atoms with Crippen LogP contribution in [-0.2, 0) is 4.74 Å². The molecule has 1 aromatic rings. The predicted octanol–water partition coefficient (Wildman–Crippen LogP) is 6.11. The highest BCUT2D eigenvalue weighted by Crippen LogP contribution is 2.68. The summed E-state index contributed by atoms with van der Waals surface area (Å²) in [6.07, 6.45) is 12.8. The molecule has 1 spiro atoms. The SMILES string of the molecule is CC1C2CCC3C4CC=C5CC(OC(=O)c6ccccc6)CCC5(C)C4CCC32CN1C. The van der Waals surface area contributed by atoms with Gasteiger partial charge in [0.25, 0.3) is 0 Å². The zero-order chi connectivity index (χ0) is 22.1. The maximum Gasteiger partial charge on any atom is 0.338 e. The van der Waals surface area contributed by atoms with Crippen molar-refractivity contribution in [2.45, 2.75) is 77.4 Å². The third-order valence-corrected chi connectivity index (χ3v) is 10.9. The second-order valence-electron chi connectivity index (χ2n) is 12.0. The van der Waals surface area contributed by atoms with Gasteiger partial charge in [0.2, 0.25) is 0 Å².